The number of hydrogen-bond donors (Lipinski definition) is 1. The third-order valence-electron chi connectivity index (χ3n) is 1.04. The van der Waals surface area contributed by atoms with Gasteiger partial charge in [-0.2, -0.15) is 4.37 Å². The van der Waals surface area contributed by atoms with Gasteiger partial charge in [0.2, 0.25) is 5.13 Å². The number of ether oxygens (including phenoxy) is 1. The van der Waals surface area contributed by atoms with Gasteiger partial charge in [0.05, 0.1) is 0 Å². The van der Waals surface area contributed by atoms with E-state index in [0.29, 0.717) is 11.7 Å². The third kappa shape index (κ3) is 2.93. The van der Waals surface area contributed by atoms with Crippen LogP contribution in [0.25, 0.3) is 0 Å². The van der Waals surface area contributed by atoms with Crippen molar-refractivity contribution in [3.05, 3.63) is 6.33 Å². The SMILES string of the molecule is CCOCC(=O)Nc1ncns1. The van der Waals surface area contributed by atoms with Crippen LogP contribution in [-0.2, 0) is 9.53 Å². The van der Waals surface area contributed by atoms with Crippen LogP contribution in [0.5, 0.6) is 0 Å². The lowest BCUT2D eigenvalue weighted by Crippen LogP contribution is -2.17. The molecule has 0 bridgehead atoms. The lowest BCUT2D eigenvalue weighted by molar-refractivity contribution is -0.120. The molecule has 1 aromatic rings. The van der Waals surface area contributed by atoms with E-state index < -0.39 is 0 Å². The predicted molar refractivity (Wildman–Crippen MR) is 45.0 cm³/mol. The fourth-order valence-electron chi connectivity index (χ4n) is 0.578. The number of carbonyl (C=O) groups is 1. The number of amides is 1. The van der Waals surface area contributed by atoms with Crippen LogP contribution in [0.4, 0.5) is 5.13 Å². The summed E-state index contributed by atoms with van der Waals surface area (Å²) >= 11 is 1.14. The monoisotopic (exact) mass is 187 g/mol. The van der Waals surface area contributed by atoms with Crippen molar-refractivity contribution in [1.82, 2.24) is 9.36 Å². The predicted octanol–water partition coefficient (Wildman–Crippen LogP) is 0.513. The molecule has 12 heavy (non-hydrogen) atoms. The van der Waals surface area contributed by atoms with E-state index in [-0.39, 0.29) is 12.5 Å². The number of aromatic nitrogens is 2. The van der Waals surface area contributed by atoms with Gasteiger partial charge in [0.1, 0.15) is 12.9 Å². The summed E-state index contributed by atoms with van der Waals surface area (Å²) in [6, 6.07) is 0. The van der Waals surface area contributed by atoms with Crippen LogP contribution in [0.2, 0.25) is 0 Å². The quantitative estimate of drug-likeness (QED) is 0.746. The Kier molecular flexibility index (Phi) is 3.62. The zero-order valence-corrected chi connectivity index (χ0v) is 7.43. The van der Waals surface area contributed by atoms with Crippen LogP contribution < -0.4 is 5.32 Å². The Hall–Kier alpha value is -1.01. The summed E-state index contributed by atoms with van der Waals surface area (Å²) in [6.07, 6.45) is 1.39. The maximum atomic E-state index is 11.0. The second-order valence-corrected chi connectivity index (χ2v) is 2.71. The average Bonchev–Trinajstić information content (AvgIpc) is 2.53. The Morgan fingerprint density at radius 1 is 1.83 bits per heavy atom. The zero-order valence-electron chi connectivity index (χ0n) is 6.61. The van der Waals surface area contributed by atoms with E-state index in [0.717, 1.165) is 11.5 Å². The molecule has 1 aromatic heterocycles. The van der Waals surface area contributed by atoms with Crippen molar-refractivity contribution in [1.29, 1.82) is 0 Å². The molecular formula is C6H9N3O2S. The van der Waals surface area contributed by atoms with Crippen LogP contribution >= 0.6 is 11.5 Å². The molecule has 0 unspecified atom stereocenters. The normalized spacial score (nSPS) is 9.75. The second kappa shape index (κ2) is 4.78. The Morgan fingerprint density at radius 2 is 2.67 bits per heavy atom. The van der Waals surface area contributed by atoms with E-state index in [4.69, 9.17) is 4.74 Å². The number of carbonyl (C=O) groups excluding carboxylic acids is 1. The molecule has 0 atom stereocenters. The van der Waals surface area contributed by atoms with Crippen molar-refractivity contribution in [2.75, 3.05) is 18.5 Å². The van der Waals surface area contributed by atoms with Crippen molar-refractivity contribution in [3.8, 4) is 0 Å². The van der Waals surface area contributed by atoms with Crippen LogP contribution in [-0.4, -0.2) is 28.5 Å². The van der Waals surface area contributed by atoms with Crippen LogP contribution in [0, 0.1) is 0 Å². The number of rotatable bonds is 4. The molecule has 0 fully saturated rings. The molecule has 0 aromatic carbocycles. The summed E-state index contributed by atoms with van der Waals surface area (Å²) in [5, 5.41) is 3.04. The lowest BCUT2D eigenvalue weighted by atomic mass is 10.6. The first-order valence-electron chi connectivity index (χ1n) is 3.47. The number of nitrogens with zero attached hydrogens (tertiary/aromatic N) is 2. The summed E-state index contributed by atoms with van der Waals surface area (Å²) in [4.78, 5) is 14.8. The molecule has 0 saturated carbocycles. The highest BCUT2D eigenvalue weighted by Gasteiger charge is 2.02. The summed E-state index contributed by atoms with van der Waals surface area (Å²) in [6.45, 7) is 2.43. The number of anilines is 1. The van der Waals surface area contributed by atoms with E-state index in [1.807, 2.05) is 6.92 Å². The van der Waals surface area contributed by atoms with Gasteiger partial charge in [-0.1, -0.05) is 0 Å². The summed E-state index contributed by atoms with van der Waals surface area (Å²) < 4.78 is 8.62. The Morgan fingerprint density at radius 3 is 3.25 bits per heavy atom. The van der Waals surface area contributed by atoms with Crippen LogP contribution in [0.3, 0.4) is 0 Å². The van der Waals surface area contributed by atoms with E-state index in [1.54, 1.807) is 0 Å². The van der Waals surface area contributed by atoms with Gasteiger partial charge in [-0.05, 0) is 6.92 Å². The first-order valence-corrected chi connectivity index (χ1v) is 4.24. The minimum Gasteiger partial charge on any atom is -0.372 e. The molecule has 0 spiro atoms. The number of nitrogens with one attached hydrogen (secondary N) is 1. The molecule has 0 aliphatic rings. The van der Waals surface area contributed by atoms with E-state index in [1.165, 1.54) is 6.33 Å². The van der Waals surface area contributed by atoms with Crippen molar-refractivity contribution >= 4 is 22.6 Å². The largest absolute Gasteiger partial charge is 0.372 e. The fraction of sp³-hybridized carbons (Fsp3) is 0.500. The molecule has 1 amide bonds. The molecule has 0 saturated heterocycles. The van der Waals surface area contributed by atoms with Gasteiger partial charge in [-0.15, -0.1) is 0 Å². The average molecular weight is 187 g/mol. The van der Waals surface area contributed by atoms with E-state index in [9.17, 15) is 4.79 Å². The minimum absolute atomic E-state index is 0.0656. The maximum Gasteiger partial charge on any atom is 0.252 e. The van der Waals surface area contributed by atoms with Gasteiger partial charge in [0.15, 0.2) is 0 Å². The van der Waals surface area contributed by atoms with Crippen molar-refractivity contribution < 1.29 is 9.53 Å². The summed E-state index contributed by atoms with van der Waals surface area (Å²) in [5.74, 6) is -0.200. The smallest absolute Gasteiger partial charge is 0.252 e. The van der Waals surface area contributed by atoms with Gasteiger partial charge in [0, 0.05) is 18.1 Å². The van der Waals surface area contributed by atoms with Crippen LogP contribution in [0.1, 0.15) is 6.92 Å². The highest BCUT2D eigenvalue weighted by Crippen LogP contribution is 2.05. The van der Waals surface area contributed by atoms with Gasteiger partial charge in [0.25, 0.3) is 5.91 Å². The van der Waals surface area contributed by atoms with Gasteiger partial charge >= 0.3 is 0 Å². The fourth-order valence-corrected chi connectivity index (χ4v) is 1.03. The Labute approximate surface area is 73.9 Å². The maximum absolute atomic E-state index is 11.0. The molecule has 0 aliphatic carbocycles. The summed E-state index contributed by atoms with van der Waals surface area (Å²) in [5.41, 5.74) is 0. The van der Waals surface area contributed by atoms with E-state index >= 15 is 0 Å². The molecule has 1 N–H and O–H groups in total. The van der Waals surface area contributed by atoms with Crippen LogP contribution in [0.15, 0.2) is 6.33 Å². The van der Waals surface area contributed by atoms with Gasteiger partial charge < -0.3 is 4.74 Å². The van der Waals surface area contributed by atoms with Crippen molar-refractivity contribution in [3.63, 3.8) is 0 Å². The molecule has 1 heterocycles. The minimum atomic E-state index is -0.200. The van der Waals surface area contributed by atoms with Gasteiger partial charge in [-0.3, -0.25) is 10.1 Å². The molecule has 5 nitrogen and oxygen atoms in total. The second-order valence-electron chi connectivity index (χ2n) is 1.93. The molecule has 66 valence electrons. The topological polar surface area (TPSA) is 64.1 Å². The molecule has 6 heteroatoms. The summed E-state index contributed by atoms with van der Waals surface area (Å²) in [7, 11) is 0. The highest BCUT2D eigenvalue weighted by molar-refractivity contribution is 7.09. The zero-order chi connectivity index (χ0) is 8.81. The lowest BCUT2D eigenvalue weighted by Gasteiger charge is -1.99. The Bertz CT molecular complexity index is 237. The molecular weight excluding hydrogens is 178 g/mol. The van der Waals surface area contributed by atoms with Gasteiger partial charge in [-0.25, -0.2) is 4.98 Å². The third-order valence-corrected chi connectivity index (χ3v) is 1.63. The first-order chi connectivity index (χ1) is 5.83. The van der Waals surface area contributed by atoms with E-state index in [2.05, 4.69) is 14.7 Å². The molecule has 0 aliphatic heterocycles. The van der Waals surface area contributed by atoms with Crippen molar-refractivity contribution in [2.45, 2.75) is 6.92 Å². The first kappa shape index (κ1) is 9.08. The molecule has 0 radical (unpaired) electrons. The van der Waals surface area contributed by atoms with Crippen molar-refractivity contribution in [2.24, 2.45) is 0 Å². The molecule has 1 rings (SSSR count). The highest BCUT2D eigenvalue weighted by atomic mass is 32.1. The Balaban J connectivity index is 2.27. The standard InChI is InChI=1S/C6H9N3O2S/c1-2-11-3-5(10)9-6-7-4-8-12-6/h4H,2-3H2,1H3,(H,7,8,9,10). The number of hydrogen-bond acceptors (Lipinski definition) is 5.